The normalized spacial score (nSPS) is 24.0. The summed E-state index contributed by atoms with van der Waals surface area (Å²) < 4.78 is 0. The summed E-state index contributed by atoms with van der Waals surface area (Å²) in [4.78, 5) is 0. The van der Waals surface area contributed by atoms with Gasteiger partial charge in [-0.2, -0.15) is 0 Å². The highest BCUT2D eigenvalue weighted by molar-refractivity contribution is 4.86. The first-order valence-corrected chi connectivity index (χ1v) is 6.78. The summed E-state index contributed by atoms with van der Waals surface area (Å²) in [5.74, 6) is 1.25. The van der Waals surface area contributed by atoms with E-state index in [1.54, 1.807) is 0 Å². The molecule has 0 aromatic carbocycles. The molecule has 15 heavy (non-hydrogen) atoms. The molecule has 0 aliphatic heterocycles. The van der Waals surface area contributed by atoms with E-state index in [4.69, 9.17) is 0 Å². The first-order valence-electron chi connectivity index (χ1n) is 6.78. The molecule has 0 heterocycles. The van der Waals surface area contributed by atoms with Gasteiger partial charge in [-0.1, -0.05) is 46.0 Å². The first-order chi connectivity index (χ1) is 7.06. The minimum absolute atomic E-state index is 0.399. The van der Waals surface area contributed by atoms with E-state index in [0.29, 0.717) is 11.8 Å². The van der Waals surface area contributed by atoms with Gasteiger partial charge in [0.25, 0.3) is 0 Å². The Hall–Kier alpha value is -0.0400. The average Bonchev–Trinajstić information content (AvgIpc) is 2.67. The largest absolute Gasteiger partial charge is 0.390 e. The van der Waals surface area contributed by atoms with Crippen LogP contribution in [0.15, 0.2) is 0 Å². The molecular formula is C14H28O. The second-order valence-corrected chi connectivity index (χ2v) is 5.79. The van der Waals surface area contributed by atoms with Crippen LogP contribution in [-0.4, -0.2) is 10.7 Å². The van der Waals surface area contributed by atoms with Gasteiger partial charge >= 0.3 is 0 Å². The summed E-state index contributed by atoms with van der Waals surface area (Å²) in [6.45, 7) is 6.59. The molecule has 0 aromatic rings. The van der Waals surface area contributed by atoms with Gasteiger partial charge in [0, 0.05) is 0 Å². The van der Waals surface area contributed by atoms with Crippen molar-refractivity contribution in [1.29, 1.82) is 0 Å². The molecule has 1 N–H and O–H groups in total. The van der Waals surface area contributed by atoms with Gasteiger partial charge in [0.15, 0.2) is 0 Å². The molecule has 1 fully saturated rings. The molecule has 1 nitrogen and oxygen atoms in total. The number of unbranched alkanes of at least 4 members (excludes halogenated alkanes) is 1. The van der Waals surface area contributed by atoms with Gasteiger partial charge in [0.05, 0.1) is 5.60 Å². The standard InChI is InChI=1S/C14H28O/c1-4-5-8-12(2)11-14(3,15)13-9-6-7-10-13/h12-13,15H,4-11H2,1-3H3. The lowest BCUT2D eigenvalue weighted by Gasteiger charge is -2.32. The Kier molecular flexibility index (Phi) is 5.11. The molecule has 0 saturated heterocycles. The molecule has 0 amide bonds. The molecule has 1 aliphatic rings. The Morgan fingerprint density at radius 2 is 1.93 bits per heavy atom. The van der Waals surface area contributed by atoms with Crippen LogP contribution in [0.4, 0.5) is 0 Å². The first kappa shape index (κ1) is 13.0. The van der Waals surface area contributed by atoms with E-state index in [0.717, 1.165) is 6.42 Å². The summed E-state index contributed by atoms with van der Waals surface area (Å²) in [5.41, 5.74) is -0.399. The monoisotopic (exact) mass is 212 g/mol. The molecule has 90 valence electrons. The second kappa shape index (κ2) is 5.89. The van der Waals surface area contributed by atoms with Crippen molar-refractivity contribution in [1.82, 2.24) is 0 Å². The van der Waals surface area contributed by atoms with Crippen molar-refractivity contribution in [3.05, 3.63) is 0 Å². The zero-order valence-corrected chi connectivity index (χ0v) is 10.8. The maximum Gasteiger partial charge on any atom is 0.0650 e. The van der Waals surface area contributed by atoms with Gasteiger partial charge in [-0.25, -0.2) is 0 Å². The van der Waals surface area contributed by atoms with Crippen LogP contribution in [0.2, 0.25) is 0 Å². The maximum atomic E-state index is 10.5. The lowest BCUT2D eigenvalue weighted by Crippen LogP contribution is -2.34. The fourth-order valence-electron chi connectivity index (χ4n) is 3.07. The number of hydrogen-bond acceptors (Lipinski definition) is 1. The summed E-state index contributed by atoms with van der Waals surface area (Å²) >= 11 is 0. The molecule has 2 unspecified atom stereocenters. The molecule has 1 rings (SSSR count). The van der Waals surface area contributed by atoms with E-state index >= 15 is 0 Å². The van der Waals surface area contributed by atoms with Crippen LogP contribution in [-0.2, 0) is 0 Å². The fraction of sp³-hybridized carbons (Fsp3) is 1.00. The van der Waals surface area contributed by atoms with E-state index in [1.807, 2.05) is 0 Å². The molecule has 1 saturated carbocycles. The summed E-state index contributed by atoms with van der Waals surface area (Å²) in [7, 11) is 0. The van der Waals surface area contributed by atoms with Crippen molar-refractivity contribution in [3.63, 3.8) is 0 Å². The molecule has 0 bridgehead atoms. The van der Waals surface area contributed by atoms with Crippen molar-refractivity contribution in [2.45, 2.75) is 77.7 Å². The Balaban J connectivity index is 2.33. The predicted molar refractivity (Wildman–Crippen MR) is 65.9 cm³/mol. The van der Waals surface area contributed by atoms with Crippen molar-refractivity contribution < 1.29 is 5.11 Å². The summed E-state index contributed by atoms with van der Waals surface area (Å²) in [6.07, 6.45) is 9.99. The van der Waals surface area contributed by atoms with Crippen molar-refractivity contribution in [3.8, 4) is 0 Å². The minimum atomic E-state index is -0.399. The van der Waals surface area contributed by atoms with E-state index in [-0.39, 0.29) is 0 Å². The molecule has 0 radical (unpaired) electrons. The SMILES string of the molecule is CCCCC(C)CC(C)(O)C1CCCC1. The fourth-order valence-corrected chi connectivity index (χ4v) is 3.07. The molecule has 1 aliphatic carbocycles. The van der Waals surface area contributed by atoms with Gasteiger partial charge in [-0.15, -0.1) is 0 Å². The zero-order chi connectivity index (χ0) is 11.3. The highest BCUT2D eigenvalue weighted by Gasteiger charge is 2.34. The smallest absolute Gasteiger partial charge is 0.0650 e. The average molecular weight is 212 g/mol. The van der Waals surface area contributed by atoms with Crippen molar-refractivity contribution in [2.75, 3.05) is 0 Å². The predicted octanol–water partition coefficient (Wildman–Crippen LogP) is 4.14. The molecule has 1 heteroatoms. The zero-order valence-electron chi connectivity index (χ0n) is 10.8. The summed E-state index contributed by atoms with van der Waals surface area (Å²) in [6, 6.07) is 0. The van der Waals surface area contributed by atoms with E-state index < -0.39 is 5.60 Å². The van der Waals surface area contributed by atoms with Crippen LogP contribution in [0.5, 0.6) is 0 Å². The van der Waals surface area contributed by atoms with Gasteiger partial charge < -0.3 is 5.11 Å². The van der Waals surface area contributed by atoms with Crippen LogP contribution in [0.3, 0.4) is 0 Å². The van der Waals surface area contributed by atoms with E-state index in [9.17, 15) is 5.11 Å². The van der Waals surface area contributed by atoms with Gasteiger partial charge in [-0.3, -0.25) is 0 Å². The molecular weight excluding hydrogens is 184 g/mol. The lowest BCUT2D eigenvalue weighted by molar-refractivity contribution is -0.0193. The van der Waals surface area contributed by atoms with Gasteiger partial charge in [0.1, 0.15) is 0 Å². The van der Waals surface area contributed by atoms with Crippen LogP contribution < -0.4 is 0 Å². The molecule has 0 aromatic heterocycles. The van der Waals surface area contributed by atoms with Crippen LogP contribution in [0.25, 0.3) is 0 Å². The van der Waals surface area contributed by atoms with Crippen molar-refractivity contribution >= 4 is 0 Å². The highest BCUT2D eigenvalue weighted by Crippen LogP contribution is 2.38. The summed E-state index contributed by atoms with van der Waals surface area (Å²) in [5, 5.41) is 10.5. The second-order valence-electron chi connectivity index (χ2n) is 5.79. The van der Waals surface area contributed by atoms with Crippen LogP contribution in [0, 0.1) is 11.8 Å². The maximum absolute atomic E-state index is 10.5. The Labute approximate surface area is 95.3 Å². The number of hydrogen-bond donors (Lipinski definition) is 1. The Bertz CT molecular complexity index is 168. The highest BCUT2D eigenvalue weighted by atomic mass is 16.3. The topological polar surface area (TPSA) is 20.2 Å². The van der Waals surface area contributed by atoms with E-state index in [1.165, 1.54) is 44.9 Å². The third-order valence-electron chi connectivity index (χ3n) is 4.05. The minimum Gasteiger partial charge on any atom is -0.390 e. The number of rotatable bonds is 6. The van der Waals surface area contributed by atoms with E-state index in [2.05, 4.69) is 20.8 Å². The van der Waals surface area contributed by atoms with Crippen LogP contribution >= 0.6 is 0 Å². The third kappa shape index (κ3) is 4.14. The Morgan fingerprint density at radius 3 is 2.47 bits per heavy atom. The number of aliphatic hydroxyl groups is 1. The lowest BCUT2D eigenvalue weighted by atomic mass is 9.80. The molecule has 2 atom stereocenters. The van der Waals surface area contributed by atoms with Crippen molar-refractivity contribution in [2.24, 2.45) is 11.8 Å². The van der Waals surface area contributed by atoms with Gasteiger partial charge in [-0.05, 0) is 38.0 Å². The van der Waals surface area contributed by atoms with Crippen LogP contribution in [0.1, 0.15) is 72.1 Å². The molecule has 0 spiro atoms. The third-order valence-corrected chi connectivity index (χ3v) is 4.05. The Morgan fingerprint density at radius 1 is 1.33 bits per heavy atom. The quantitative estimate of drug-likeness (QED) is 0.701. The van der Waals surface area contributed by atoms with Gasteiger partial charge in [0.2, 0.25) is 0 Å².